The van der Waals surface area contributed by atoms with Gasteiger partial charge in [0.1, 0.15) is 11.5 Å². The normalized spacial score (nSPS) is 12.4. The molecule has 37 heavy (non-hydrogen) atoms. The first-order valence-electron chi connectivity index (χ1n) is 11.5. The summed E-state index contributed by atoms with van der Waals surface area (Å²) >= 11 is 1.24. The van der Waals surface area contributed by atoms with Crippen LogP contribution >= 0.6 is 11.8 Å². The van der Waals surface area contributed by atoms with E-state index in [4.69, 9.17) is 9.47 Å². The molecule has 0 aliphatic heterocycles. The zero-order chi connectivity index (χ0) is 26.4. The van der Waals surface area contributed by atoms with Crippen LogP contribution in [0.4, 0.5) is 5.69 Å². The number of ether oxygens (including phenoxy) is 2. The Kier molecular flexibility index (Phi) is 8.09. The van der Waals surface area contributed by atoms with Crippen molar-refractivity contribution >= 4 is 29.3 Å². The number of rotatable bonds is 10. The molecule has 4 aromatic rings. The van der Waals surface area contributed by atoms with E-state index in [0.717, 1.165) is 11.4 Å². The minimum atomic E-state index is -1.06. The molecule has 0 spiro atoms. The van der Waals surface area contributed by atoms with E-state index in [-0.39, 0.29) is 11.5 Å². The summed E-state index contributed by atoms with van der Waals surface area (Å²) in [6.07, 6.45) is -0.446. The molecule has 2 atom stereocenters. The van der Waals surface area contributed by atoms with E-state index in [1.54, 1.807) is 26.2 Å². The van der Waals surface area contributed by atoms with E-state index in [1.165, 1.54) is 23.9 Å². The minimum absolute atomic E-state index is 0.0948. The Balaban J connectivity index is 1.55. The second-order valence-electron chi connectivity index (χ2n) is 8.08. The molecule has 10 heteroatoms. The van der Waals surface area contributed by atoms with Crippen molar-refractivity contribution in [2.45, 2.75) is 30.4 Å². The van der Waals surface area contributed by atoms with Crippen molar-refractivity contribution in [1.29, 1.82) is 0 Å². The average Bonchev–Trinajstić information content (AvgIpc) is 3.33. The second-order valence-corrected chi connectivity index (χ2v) is 9.39. The van der Waals surface area contributed by atoms with Crippen molar-refractivity contribution in [3.63, 3.8) is 0 Å². The molecule has 0 aliphatic carbocycles. The third-order valence-corrected chi connectivity index (χ3v) is 6.48. The van der Waals surface area contributed by atoms with E-state index < -0.39 is 17.3 Å². The van der Waals surface area contributed by atoms with Crippen LogP contribution in [0.25, 0.3) is 5.69 Å². The highest BCUT2D eigenvalue weighted by atomic mass is 32.2. The lowest BCUT2D eigenvalue weighted by molar-refractivity contribution is -0.115. The SMILES string of the molecule is COc1ccc(OC(C)c2nnc(SC(C)C(=O)Nc3cccc(C(=O)O)c3)n2-c2ccccc2)cc1. The number of hydrogen-bond donors (Lipinski definition) is 2. The number of para-hydroxylation sites is 1. The second kappa shape index (κ2) is 11.6. The molecule has 0 fully saturated rings. The maximum Gasteiger partial charge on any atom is 0.335 e. The minimum Gasteiger partial charge on any atom is -0.497 e. The molecule has 0 saturated heterocycles. The summed E-state index contributed by atoms with van der Waals surface area (Å²) in [5.41, 5.74) is 1.33. The van der Waals surface area contributed by atoms with Gasteiger partial charge in [0.2, 0.25) is 5.91 Å². The molecule has 0 aliphatic rings. The molecule has 0 saturated carbocycles. The van der Waals surface area contributed by atoms with E-state index in [0.29, 0.717) is 22.4 Å². The van der Waals surface area contributed by atoms with Gasteiger partial charge < -0.3 is 19.9 Å². The molecular formula is C27H26N4O5S. The molecule has 1 aromatic heterocycles. The van der Waals surface area contributed by atoms with Gasteiger partial charge in [-0.05, 0) is 68.4 Å². The Morgan fingerprint density at radius 2 is 1.65 bits per heavy atom. The quantitative estimate of drug-likeness (QED) is 0.274. The van der Waals surface area contributed by atoms with Crippen LogP contribution < -0.4 is 14.8 Å². The van der Waals surface area contributed by atoms with Gasteiger partial charge in [0, 0.05) is 11.4 Å². The van der Waals surface area contributed by atoms with E-state index in [9.17, 15) is 14.7 Å². The first-order chi connectivity index (χ1) is 17.9. The Morgan fingerprint density at radius 3 is 2.32 bits per heavy atom. The molecule has 4 rings (SSSR count). The number of amides is 1. The van der Waals surface area contributed by atoms with Crippen molar-refractivity contribution in [3.8, 4) is 17.2 Å². The van der Waals surface area contributed by atoms with Gasteiger partial charge in [0.15, 0.2) is 17.1 Å². The Morgan fingerprint density at radius 1 is 0.946 bits per heavy atom. The number of aromatic nitrogens is 3. The Bertz CT molecular complexity index is 1380. The standard InChI is InChI=1S/C27H26N4O5S/c1-17(36-23-14-12-22(35-3)13-15-23)24-29-30-27(31(24)21-10-5-4-6-11-21)37-18(2)25(32)28-20-9-7-8-19(16-20)26(33)34/h4-18H,1-3H3,(H,28,32)(H,33,34). The van der Waals surface area contributed by atoms with Crippen molar-refractivity contribution < 1.29 is 24.2 Å². The maximum atomic E-state index is 12.9. The first-order valence-corrected chi connectivity index (χ1v) is 12.4. The number of nitrogens with zero attached hydrogens (tertiary/aromatic N) is 3. The molecular weight excluding hydrogens is 492 g/mol. The van der Waals surface area contributed by atoms with Crippen LogP contribution in [0.15, 0.2) is 84.0 Å². The molecule has 3 aromatic carbocycles. The predicted molar refractivity (Wildman–Crippen MR) is 141 cm³/mol. The summed E-state index contributed by atoms with van der Waals surface area (Å²) in [6.45, 7) is 3.63. The summed E-state index contributed by atoms with van der Waals surface area (Å²) < 4.78 is 13.2. The van der Waals surface area contributed by atoms with Gasteiger partial charge in [-0.2, -0.15) is 0 Å². The van der Waals surface area contributed by atoms with Crippen molar-refractivity contribution in [3.05, 3.63) is 90.3 Å². The number of carbonyl (C=O) groups is 2. The van der Waals surface area contributed by atoms with Crippen LogP contribution in [0.1, 0.15) is 36.1 Å². The fraction of sp³-hybridized carbons (Fsp3) is 0.185. The summed E-state index contributed by atoms with van der Waals surface area (Å²) in [6, 6.07) is 23.0. The largest absolute Gasteiger partial charge is 0.497 e. The van der Waals surface area contributed by atoms with Crippen molar-refractivity contribution in [2.24, 2.45) is 0 Å². The van der Waals surface area contributed by atoms with Crippen LogP contribution in [0.5, 0.6) is 11.5 Å². The van der Waals surface area contributed by atoms with Gasteiger partial charge in [-0.25, -0.2) is 4.79 Å². The van der Waals surface area contributed by atoms with Gasteiger partial charge >= 0.3 is 5.97 Å². The first kappa shape index (κ1) is 25.8. The number of aromatic carboxylic acids is 1. The topological polar surface area (TPSA) is 116 Å². The molecule has 2 N–H and O–H groups in total. The Hall–Kier alpha value is -4.31. The van der Waals surface area contributed by atoms with Crippen LogP contribution in [-0.2, 0) is 4.79 Å². The van der Waals surface area contributed by atoms with Crippen LogP contribution in [0, 0.1) is 0 Å². The number of carbonyl (C=O) groups excluding carboxylic acids is 1. The molecule has 0 radical (unpaired) electrons. The molecule has 1 amide bonds. The van der Waals surface area contributed by atoms with Crippen LogP contribution in [0.2, 0.25) is 0 Å². The number of benzene rings is 3. The van der Waals surface area contributed by atoms with Crippen molar-refractivity contribution in [2.75, 3.05) is 12.4 Å². The highest BCUT2D eigenvalue weighted by molar-refractivity contribution is 8.00. The number of methoxy groups -OCH3 is 1. The molecule has 0 bridgehead atoms. The lowest BCUT2D eigenvalue weighted by atomic mass is 10.2. The number of hydrogen-bond acceptors (Lipinski definition) is 7. The highest BCUT2D eigenvalue weighted by Crippen LogP contribution is 2.30. The average molecular weight is 519 g/mol. The predicted octanol–water partition coefficient (Wildman–Crippen LogP) is 5.23. The van der Waals surface area contributed by atoms with Gasteiger partial charge in [0.05, 0.1) is 17.9 Å². The highest BCUT2D eigenvalue weighted by Gasteiger charge is 2.24. The molecule has 2 unspecified atom stereocenters. The molecule has 190 valence electrons. The maximum absolute atomic E-state index is 12.9. The summed E-state index contributed by atoms with van der Waals surface area (Å²) in [5.74, 6) is 0.605. The van der Waals surface area contributed by atoms with Crippen molar-refractivity contribution in [1.82, 2.24) is 14.8 Å². The number of carboxylic acids is 1. The number of carboxylic acid groups (broad SMARTS) is 1. The third kappa shape index (κ3) is 6.28. The zero-order valence-electron chi connectivity index (χ0n) is 20.5. The summed E-state index contributed by atoms with van der Waals surface area (Å²) in [7, 11) is 1.61. The zero-order valence-corrected chi connectivity index (χ0v) is 21.3. The fourth-order valence-corrected chi connectivity index (χ4v) is 4.41. The summed E-state index contributed by atoms with van der Waals surface area (Å²) in [4.78, 5) is 24.1. The van der Waals surface area contributed by atoms with Gasteiger partial charge in [-0.15, -0.1) is 10.2 Å². The van der Waals surface area contributed by atoms with E-state index in [1.807, 2.05) is 66.1 Å². The summed E-state index contributed by atoms with van der Waals surface area (Å²) in [5, 5.41) is 20.7. The Labute approximate surface area is 218 Å². The monoisotopic (exact) mass is 518 g/mol. The number of nitrogens with one attached hydrogen (secondary N) is 1. The van der Waals surface area contributed by atoms with Gasteiger partial charge in [0.25, 0.3) is 0 Å². The molecule has 1 heterocycles. The van der Waals surface area contributed by atoms with Crippen LogP contribution in [-0.4, -0.2) is 44.1 Å². The third-order valence-electron chi connectivity index (χ3n) is 5.44. The number of anilines is 1. The molecule has 9 nitrogen and oxygen atoms in total. The lowest BCUT2D eigenvalue weighted by Gasteiger charge is -2.18. The van der Waals surface area contributed by atoms with Gasteiger partial charge in [-0.1, -0.05) is 36.0 Å². The van der Waals surface area contributed by atoms with Crippen LogP contribution in [0.3, 0.4) is 0 Å². The van der Waals surface area contributed by atoms with E-state index in [2.05, 4.69) is 15.5 Å². The van der Waals surface area contributed by atoms with Gasteiger partial charge in [-0.3, -0.25) is 9.36 Å². The smallest absolute Gasteiger partial charge is 0.335 e. The van der Waals surface area contributed by atoms with E-state index >= 15 is 0 Å². The lowest BCUT2D eigenvalue weighted by Crippen LogP contribution is -2.23. The fourth-order valence-electron chi connectivity index (χ4n) is 3.54. The number of thioether (sulfide) groups is 1.